The first-order valence-electron chi connectivity index (χ1n) is 3.91. The van der Waals surface area contributed by atoms with E-state index in [0.717, 1.165) is 6.08 Å². The molecule has 0 saturated carbocycles. The Balaban J connectivity index is 3.01. The average molecular weight is 194 g/mol. The van der Waals surface area contributed by atoms with Crippen molar-refractivity contribution in [2.75, 3.05) is 7.11 Å². The van der Waals surface area contributed by atoms with Gasteiger partial charge in [-0.3, -0.25) is 0 Å². The molecule has 0 radical (unpaired) electrons. The van der Waals surface area contributed by atoms with Crippen LogP contribution in [0.1, 0.15) is 5.56 Å². The molecule has 0 unspecified atom stereocenters. The lowest BCUT2D eigenvalue weighted by molar-refractivity contribution is -0.131. The van der Waals surface area contributed by atoms with Crippen molar-refractivity contribution in [1.82, 2.24) is 0 Å². The molecule has 0 aromatic heterocycles. The number of carbonyl (C=O) groups is 1. The minimum absolute atomic E-state index is 0.295. The summed E-state index contributed by atoms with van der Waals surface area (Å²) in [5, 5.41) is 17.7. The maximum absolute atomic E-state index is 10.3. The Morgan fingerprint density at radius 2 is 2.14 bits per heavy atom. The SMILES string of the molecule is COc1cccc(/C(O)=C\C(=O)O)c1. The van der Waals surface area contributed by atoms with E-state index in [0.29, 0.717) is 11.3 Å². The molecule has 0 amide bonds. The van der Waals surface area contributed by atoms with Crippen LogP contribution < -0.4 is 4.74 Å². The summed E-state index contributed by atoms with van der Waals surface area (Å²) in [4.78, 5) is 10.3. The fourth-order valence-electron chi connectivity index (χ4n) is 0.983. The molecule has 0 aliphatic carbocycles. The van der Waals surface area contributed by atoms with Crippen LogP contribution in [0.15, 0.2) is 30.3 Å². The number of methoxy groups -OCH3 is 1. The van der Waals surface area contributed by atoms with Gasteiger partial charge in [-0.05, 0) is 12.1 Å². The summed E-state index contributed by atoms with van der Waals surface area (Å²) in [5.41, 5.74) is 0.409. The Kier molecular flexibility index (Phi) is 3.12. The highest BCUT2D eigenvalue weighted by molar-refractivity contribution is 5.87. The van der Waals surface area contributed by atoms with Crippen molar-refractivity contribution in [2.24, 2.45) is 0 Å². The average Bonchev–Trinajstić information content (AvgIpc) is 2.17. The summed E-state index contributed by atoms with van der Waals surface area (Å²) in [7, 11) is 1.50. The lowest BCUT2D eigenvalue weighted by atomic mass is 10.1. The molecule has 0 heterocycles. The van der Waals surface area contributed by atoms with E-state index in [-0.39, 0.29) is 5.76 Å². The van der Waals surface area contributed by atoms with E-state index < -0.39 is 5.97 Å². The molecular formula is C10H10O4. The number of carboxylic acid groups (broad SMARTS) is 1. The second kappa shape index (κ2) is 4.32. The topological polar surface area (TPSA) is 66.8 Å². The summed E-state index contributed by atoms with van der Waals surface area (Å²) in [6.07, 6.45) is 0.731. The van der Waals surface area contributed by atoms with Crippen molar-refractivity contribution in [2.45, 2.75) is 0 Å². The zero-order valence-electron chi connectivity index (χ0n) is 7.60. The van der Waals surface area contributed by atoms with Gasteiger partial charge in [0.05, 0.1) is 13.2 Å². The Morgan fingerprint density at radius 1 is 1.43 bits per heavy atom. The van der Waals surface area contributed by atoms with Crippen LogP contribution in [0, 0.1) is 0 Å². The van der Waals surface area contributed by atoms with E-state index in [1.54, 1.807) is 24.3 Å². The molecule has 4 heteroatoms. The molecule has 0 fully saturated rings. The van der Waals surface area contributed by atoms with Gasteiger partial charge in [-0.2, -0.15) is 0 Å². The molecule has 1 aromatic rings. The number of ether oxygens (including phenoxy) is 1. The van der Waals surface area contributed by atoms with Gasteiger partial charge in [0.2, 0.25) is 0 Å². The molecular weight excluding hydrogens is 184 g/mol. The van der Waals surface area contributed by atoms with Crippen LogP contribution in [0.3, 0.4) is 0 Å². The monoisotopic (exact) mass is 194 g/mol. The van der Waals surface area contributed by atoms with Gasteiger partial charge in [0.25, 0.3) is 0 Å². The fourth-order valence-corrected chi connectivity index (χ4v) is 0.983. The van der Waals surface area contributed by atoms with Gasteiger partial charge in [-0.1, -0.05) is 12.1 Å². The summed E-state index contributed by atoms with van der Waals surface area (Å²) in [6, 6.07) is 6.52. The van der Waals surface area contributed by atoms with Crippen molar-refractivity contribution < 1.29 is 19.7 Å². The quantitative estimate of drug-likeness (QED) is 0.567. The van der Waals surface area contributed by atoms with E-state index in [9.17, 15) is 9.90 Å². The van der Waals surface area contributed by atoms with Crippen molar-refractivity contribution in [3.05, 3.63) is 35.9 Å². The molecule has 0 aliphatic rings. The molecule has 0 bridgehead atoms. The Morgan fingerprint density at radius 3 is 2.71 bits per heavy atom. The zero-order valence-corrected chi connectivity index (χ0v) is 7.60. The van der Waals surface area contributed by atoms with Crippen molar-refractivity contribution in [3.63, 3.8) is 0 Å². The Bertz CT molecular complexity index is 368. The predicted molar refractivity (Wildman–Crippen MR) is 51.2 cm³/mol. The minimum Gasteiger partial charge on any atom is -0.507 e. The van der Waals surface area contributed by atoms with Gasteiger partial charge >= 0.3 is 5.97 Å². The van der Waals surface area contributed by atoms with Gasteiger partial charge < -0.3 is 14.9 Å². The number of hydrogen-bond donors (Lipinski definition) is 2. The summed E-state index contributed by atoms with van der Waals surface area (Å²) < 4.78 is 4.92. The number of rotatable bonds is 3. The van der Waals surface area contributed by atoms with Crippen LogP contribution in [0.5, 0.6) is 5.75 Å². The zero-order chi connectivity index (χ0) is 10.6. The van der Waals surface area contributed by atoms with Crippen LogP contribution in [0.2, 0.25) is 0 Å². The molecule has 1 aromatic carbocycles. The molecule has 0 saturated heterocycles. The number of hydrogen-bond acceptors (Lipinski definition) is 3. The molecule has 0 aliphatic heterocycles. The lowest BCUT2D eigenvalue weighted by Crippen LogP contribution is -1.92. The highest BCUT2D eigenvalue weighted by Crippen LogP contribution is 2.17. The second-order valence-corrected chi connectivity index (χ2v) is 2.60. The first-order chi connectivity index (χ1) is 6.63. The third-order valence-electron chi connectivity index (χ3n) is 1.63. The highest BCUT2D eigenvalue weighted by Gasteiger charge is 2.02. The highest BCUT2D eigenvalue weighted by atomic mass is 16.5. The first-order valence-corrected chi connectivity index (χ1v) is 3.91. The van der Waals surface area contributed by atoms with E-state index in [1.165, 1.54) is 7.11 Å². The van der Waals surface area contributed by atoms with Crippen LogP contribution in [-0.4, -0.2) is 23.3 Å². The maximum atomic E-state index is 10.3. The van der Waals surface area contributed by atoms with Gasteiger partial charge in [-0.15, -0.1) is 0 Å². The van der Waals surface area contributed by atoms with Crippen LogP contribution in [0.25, 0.3) is 5.76 Å². The molecule has 0 spiro atoms. The molecule has 0 atom stereocenters. The van der Waals surface area contributed by atoms with E-state index in [2.05, 4.69) is 0 Å². The largest absolute Gasteiger partial charge is 0.507 e. The lowest BCUT2D eigenvalue weighted by Gasteiger charge is -2.02. The van der Waals surface area contributed by atoms with Gasteiger partial charge in [0.15, 0.2) is 0 Å². The predicted octanol–water partition coefficient (Wildman–Crippen LogP) is 1.68. The van der Waals surface area contributed by atoms with Crippen molar-refractivity contribution in [3.8, 4) is 5.75 Å². The van der Waals surface area contributed by atoms with Gasteiger partial charge in [-0.25, -0.2) is 4.79 Å². The number of carboxylic acids is 1. The summed E-state index contributed by atoms with van der Waals surface area (Å²) in [6.45, 7) is 0. The van der Waals surface area contributed by atoms with E-state index >= 15 is 0 Å². The number of aliphatic hydroxyl groups is 1. The third kappa shape index (κ3) is 2.52. The molecule has 14 heavy (non-hydrogen) atoms. The smallest absolute Gasteiger partial charge is 0.332 e. The molecule has 4 nitrogen and oxygen atoms in total. The normalized spacial score (nSPS) is 11.1. The Labute approximate surface area is 81.1 Å². The fraction of sp³-hybridized carbons (Fsp3) is 0.100. The maximum Gasteiger partial charge on any atom is 0.332 e. The summed E-state index contributed by atoms with van der Waals surface area (Å²) >= 11 is 0. The van der Waals surface area contributed by atoms with Crippen LogP contribution in [-0.2, 0) is 4.79 Å². The van der Waals surface area contributed by atoms with E-state index in [1.807, 2.05) is 0 Å². The molecule has 1 rings (SSSR count). The first kappa shape index (κ1) is 10.1. The molecule has 74 valence electrons. The van der Waals surface area contributed by atoms with E-state index in [4.69, 9.17) is 9.84 Å². The van der Waals surface area contributed by atoms with Gasteiger partial charge in [0.1, 0.15) is 11.5 Å². The van der Waals surface area contributed by atoms with Crippen LogP contribution in [0.4, 0.5) is 0 Å². The second-order valence-electron chi connectivity index (χ2n) is 2.60. The summed E-state index contributed by atoms with van der Waals surface area (Å²) in [5.74, 6) is -0.922. The van der Waals surface area contributed by atoms with Crippen molar-refractivity contribution >= 4 is 11.7 Å². The number of aliphatic carboxylic acids is 1. The number of benzene rings is 1. The minimum atomic E-state index is -1.19. The number of aliphatic hydroxyl groups excluding tert-OH is 1. The van der Waals surface area contributed by atoms with Crippen molar-refractivity contribution in [1.29, 1.82) is 0 Å². The standard InChI is InChI=1S/C10H10O4/c1-14-8-4-2-3-7(5-8)9(11)6-10(12)13/h2-6,11H,1H3,(H,12,13)/b9-6+. The van der Waals surface area contributed by atoms with Crippen LogP contribution >= 0.6 is 0 Å². The third-order valence-corrected chi connectivity index (χ3v) is 1.63. The Hall–Kier alpha value is -1.97. The molecule has 2 N–H and O–H groups in total. The van der Waals surface area contributed by atoms with Gasteiger partial charge in [0, 0.05) is 5.56 Å².